The summed E-state index contributed by atoms with van der Waals surface area (Å²) in [5.74, 6) is 0. The van der Waals surface area contributed by atoms with Crippen LogP contribution in [0.4, 0.5) is 5.69 Å². The maximum atomic E-state index is 12.2. The molecule has 0 bridgehead atoms. The van der Waals surface area contributed by atoms with E-state index in [2.05, 4.69) is 20.7 Å². The van der Waals surface area contributed by atoms with Gasteiger partial charge in [-0.25, -0.2) is 4.72 Å². The van der Waals surface area contributed by atoms with Crippen LogP contribution in [0.3, 0.4) is 0 Å². The Hall–Kier alpha value is -0.710. The summed E-state index contributed by atoms with van der Waals surface area (Å²) < 4.78 is 16.0. The number of hydrogen-bond donors (Lipinski definition) is 1. The number of nitrogens with one attached hydrogen (secondary N) is 1. The van der Waals surface area contributed by atoms with Gasteiger partial charge >= 0.3 is 0 Å². The highest BCUT2D eigenvalue weighted by molar-refractivity contribution is 9.10. The number of fused-ring (bicyclic) bond motifs is 1. The van der Waals surface area contributed by atoms with Gasteiger partial charge in [0, 0.05) is 9.86 Å². The van der Waals surface area contributed by atoms with E-state index in [1.807, 2.05) is 57.2 Å². The van der Waals surface area contributed by atoms with Crippen molar-refractivity contribution in [1.29, 1.82) is 0 Å². The van der Waals surface area contributed by atoms with Gasteiger partial charge in [0.15, 0.2) is 0 Å². The maximum Gasteiger partial charge on any atom is 0.142 e. The Kier molecular flexibility index (Phi) is 3.90. The van der Waals surface area contributed by atoms with Crippen LogP contribution in [-0.4, -0.2) is 9.30 Å². The molecule has 0 aliphatic carbocycles. The summed E-state index contributed by atoms with van der Waals surface area (Å²) in [6.07, 6.45) is 0. The lowest BCUT2D eigenvalue weighted by Gasteiger charge is -2.24. The van der Waals surface area contributed by atoms with Crippen LogP contribution in [0, 0.1) is 0 Å². The molecule has 1 N–H and O–H groups in total. The minimum Gasteiger partial charge on any atom is -0.593 e. The zero-order valence-corrected chi connectivity index (χ0v) is 13.1. The maximum absolute atomic E-state index is 12.2. The molecule has 0 heterocycles. The first-order valence-corrected chi connectivity index (χ1v) is 7.69. The third kappa shape index (κ3) is 2.82. The highest BCUT2D eigenvalue weighted by Crippen LogP contribution is 2.32. The van der Waals surface area contributed by atoms with E-state index in [9.17, 15) is 4.55 Å². The Morgan fingerprint density at radius 1 is 1.11 bits per heavy atom. The minimum atomic E-state index is -1.12. The summed E-state index contributed by atoms with van der Waals surface area (Å²) in [5, 5.41) is 2.19. The van der Waals surface area contributed by atoms with E-state index in [0.29, 0.717) is 0 Å². The van der Waals surface area contributed by atoms with Crippen LogP contribution < -0.4 is 4.72 Å². The Balaban J connectivity index is 2.46. The molecule has 0 amide bonds. The van der Waals surface area contributed by atoms with E-state index in [1.54, 1.807) is 0 Å². The summed E-state index contributed by atoms with van der Waals surface area (Å²) >= 11 is 2.43. The molecule has 0 saturated carbocycles. The molecule has 0 radical (unpaired) electrons. The molecule has 0 aliphatic heterocycles. The average molecular weight is 326 g/mol. The van der Waals surface area contributed by atoms with Crippen molar-refractivity contribution in [1.82, 2.24) is 0 Å². The highest BCUT2D eigenvalue weighted by atomic mass is 79.9. The predicted octanol–water partition coefficient (Wildman–Crippen LogP) is 4.48. The van der Waals surface area contributed by atoms with Gasteiger partial charge in [0.1, 0.15) is 4.75 Å². The summed E-state index contributed by atoms with van der Waals surface area (Å²) in [7, 11) is 0. The van der Waals surface area contributed by atoms with Gasteiger partial charge in [0.25, 0.3) is 0 Å². The quantitative estimate of drug-likeness (QED) is 0.826. The molecule has 0 aliphatic rings. The van der Waals surface area contributed by atoms with Crippen molar-refractivity contribution in [2.75, 3.05) is 4.72 Å². The largest absolute Gasteiger partial charge is 0.593 e. The van der Waals surface area contributed by atoms with Gasteiger partial charge in [-0.15, -0.1) is 0 Å². The third-order valence-electron chi connectivity index (χ3n) is 2.61. The predicted molar refractivity (Wildman–Crippen MR) is 83.2 cm³/mol. The SMILES string of the molecule is CC(C)(C)[S+]([O-])Nc1cccc2cccc(Br)c12. The van der Waals surface area contributed by atoms with Gasteiger partial charge in [-0.05, 0) is 38.3 Å². The second-order valence-corrected chi connectivity index (χ2v) is 7.95. The van der Waals surface area contributed by atoms with Gasteiger partial charge in [-0.3, -0.25) is 0 Å². The number of halogens is 1. The smallest absolute Gasteiger partial charge is 0.142 e. The van der Waals surface area contributed by atoms with Crippen LogP contribution in [0.15, 0.2) is 40.9 Å². The molecule has 1 unspecified atom stereocenters. The Morgan fingerprint density at radius 2 is 1.72 bits per heavy atom. The number of benzene rings is 2. The second-order valence-electron chi connectivity index (χ2n) is 5.13. The Bertz CT molecular complexity index is 560. The van der Waals surface area contributed by atoms with E-state index in [4.69, 9.17) is 0 Å². The van der Waals surface area contributed by atoms with Gasteiger partial charge < -0.3 is 4.55 Å². The van der Waals surface area contributed by atoms with Crippen LogP contribution in [0.25, 0.3) is 10.8 Å². The van der Waals surface area contributed by atoms with E-state index in [0.717, 1.165) is 20.9 Å². The molecule has 0 fully saturated rings. The monoisotopic (exact) mass is 325 g/mol. The van der Waals surface area contributed by atoms with E-state index >= 15 is 0 Å². The first-order chi connectivity index (χ1) is 8.39. The Morgan fingerprint density at radius 3 is 2.33 bits per heavy atom. The first kappa shape index (κ1) is 13.7. The molecular formula is C14H16BrNOS. The number of anilines is 1. The van der Waals surface area contributed by atoms with Crippen LogP contribution in [0.1, 0.15) is 20.8 Å². The molecule has 2 rings (SSSR count). The van der Waals surface area contributed by atoms with Crippen molar-refractivity contribution in [3.63, 3.8) is 0 Å². The lowest BCUT2D eigenvalue weighted by atomic mass is 10.1. The first-order valence-electron chi connectivity index (χ1n) is 5.75. The molecule has 2 aromatic carbocycles. The molecule has 96 valence electrons. The standard InChI is InChI=1S/C14H16BrNOS/c1-14(2,3)18(17)16-12-9-5-7-10-6-4-8-11(15)13(10)12/h4-9,16H,1-3H3. The average Bonchev–Trinajstić information content (AvgIpc) is 2.28. The van der Waals surface area contributed by atoms with Gasteiger partial charge in [0.2, 0.25) is 0 Å². The van der Waals surface area contributed by atoms with Gasteiger partial charge in [0.05, 0.1) is 17.0 Å². The molecule has 0 spiro atoms. The zero-order valence-electron chi connectivity index (χ0n) is 10.7. The van der Waals surface area contributed by atoms with E-state index < -0.39 is 11.4 Å². The molecule has 1 atom stereocenters. The molecule has 0 saturated heterocycles. The Labute approximate surface area is 119 Å². The number of rotatable bonds is 2. The molecule has 0 aromatic heterocycles. The third-order valence-corrected chi connectivity index (χ3v) is 4.79. The summed E-state index contributed by atoms with van der Waals surface area (Å²) in [6.45, 7) is 5.86. The van der Waals surface area contributed by atoms with Crippen LogP contribution in [0.2, 0.25) is 0 Å². The summed E-state index contributed by atoms with van der Waals surface area (Å²) in [5.41, 5.74) is 0.897. The zero-order chi connectivity index (χ0) is 13.3. The van der Waals surface area contributed by atoms with Crippen LogP contribution >= 0.6 is 15.9 Å². The minimum absolute atomic E-state index is 0.288. The molecule has 4 heteroatoms. The van der Waals surface area contributed by atoms with Crippen molar-refractivity contribution >= 4 is 43.8 Å². The van der Waals surface area contributed by atoms with Crippen molar-refractivity contribution in [2.45, 2.75) is 25.5 Å². The number of hydrogen-bond acceptors (Lipinski definition) is 2. The molecular weight excluding hydrogens is 310 g/mol. The van der Waals surface area contributed by atoms with Crippen LogP contribution in [0.5, 0.6) is 0 Å². The van der Waals surface area contributed by atoms with Gasteiger partial charge in [-0.2, -0.15) is 0 Å². The van der Waals surface area contributed by atoms with Crippen molar-refractivity contribution in [3.8, 4) is 0 Å². The van der Waals surface area contributed by atoms with Gasteiger partial charge in [-0.1, -0.05) is 40.2 Å². The van der Waals surface area contributed by atoms with E-state index in [-0.39, 0.29) is 4.75 Å². The highest BCUT2D eigenvalue weighted by Gasteiger charge is 2.27. The van der Waals surface area contributed by atoms with E-state index in [1.165, 1.54) is 0 Å². The summed E-state index contributed by atoms with van der Waals surface area (Å²) in [4.78, 5) is 0. The fraction of sp³-hybridized carbons (Fsp3) is 0.286. The van der Waals surface area contributed by atoms with Crippen molar-refractivity contribution < 1.29 is 4.55 Å². The lowest BCUT2D eigenvalue weighted by molar-refractivity contribution is 0.565. The van der Waals surface area contributed by atoms with Crippen molar-refractivity contribution in [2.24, 2.45) is 0 Å². The summed E-state index contributed by atoms with van der Waals surface area (Å²) in [6, 6.07) is 12.0. The van der Waals surface area contributed by atoms with Crippen LogP contribution in [-0.2, 0) is 11.4 Å². The topological polar surface area (TPSA) is 35.1 Å². The molecule has 2 nitrogen and oxygen atoms in total. The molecule has 2 aromatic rings. The lowest BCUT2D eigenvalue weighted by Crippen LogP contribution is -2.33. The fourth-order valence-electron chi connectivity index (χ4n) is 1.63. The second kappa shape index (κ2) is 5.11. The fourth-order valence-corrected chi connectivity index (χ4v) is 2.90. The normalized spacial score (nSPS) is 13.6. The molecule has 18 heavy (non-hydrogen) atoms. The van der Waals surface area contributed by atoms with Crippen molar-refractivity contribution in [3.05, 3.63) is 40.9 Å².